The monoisotopic (exact) mass is 265 g/mol. The standard InChI is InChI=1S/C18H19NO/c1-14-12-17(16-10-6-3-7-11-16)19(18(14)20)13-15-8-4-2-5-9-15/h2-11,14,17H,12-13H2,1H3/t14-,17-/m1/s1. The molecule has 102 valence electrons. The Morgan fingerprint density at radius 2 is 1.60 bits per heavy atom. The highest BCUT2D eigenvalue weighted by molar-refractivity contribution is 5.81. The molecule has 1 aliphatic heterocycles. The zero-order chi connectivity index (χ0) is 13.9. The van der Waals surface area contributed by atoms with Crippen molar-refractivity contribution < 1.29 is 4.79 Å². The van der Waals surface area contributed by atoms with Gasteiger partial charge in [0.1, 0.15) is 0 Å². The smallest absolute Gasteiger partial charge is 0.226 e. The summed E-state index contributed by atoms with van der Waals surface area (Å²) in [6.07, 6.45) is 0.912. The number of carbonyl (C=O) groups is 1. The molecule has 3 rings (SSSR count). The van der Waals surface area contributed by atoms with Gasteiger partial charge < -0.3 is 4.90 Å². The van der Waals surface area contributed by atoms with Crippen LogP contribution in [0.2, 0.25) is 0 Å². The number of nitrogens with zero attached hydrogens (tertiary/aromatic N) is 1. The Hall–Kier alpha value is -2.09. The second-order valence-electron chi connectivity index (χ2n) is 5.51. The van der Waals surface area contributed by atoms with E-state index in [1.165, 1.54) is 11.1 Å². The predicted octanol–water partition coefficient (Wildman–Crippen LogP) is 3.80. The maximum absolute atomic E-state index is 12.4. The van der Waals surface area contributed by atoms with E-state index in [1.807, 2.05) is 48.2 Å². The molecule has 1 saturated heterocycles. The minimum Gasteiger partial charge on any atom is -0.331 e. The van der Waals surface area contributed by atoms with Crippen LogP contribution in [0.5, 0.6) is 0 Å². The molecular weight excluding hydrogens is 246 g/mol. The van der Waals surface area contributed by atoms with Gasteiger partial charge in [-0.05, 0) is 17.5 Å². The predicted molar refractivity (Wildman–Crippen MR) is 80.0 cm³/mol. The average molecular weight is 265 g/mol. The number of rotatable bonds is 3. The quantitative estimate of drug-likeness (QED) is 0.826. The minimum atomic E-state index is 0.115. The summed E-state index contributed by atoms with van der Waals surface area (Å²) in [4.78, 5) is 14.4. The summed E-state index contributed by atoms with van der Waals surface area (Å²) in [6.45, 7) is 2.73. The van der Waals surface area contributed by atoms with Crippen LogP contribution >= 0.6 is 0 Å². The number of likely N-dealkylation sites (tertiary alicyclic amines) is 1. The van der Waals surface area contributed by atoms with Crippen molar-refractivity contribution in [3.05, 3.63) is 71.8 Å². The molecule has 1 amide bonds. The van der Waals surface area contributed by atoms with Gasteiger partial charge in [0.15, 0.2) is 0 Å². The largest absolute Gasteiger partial charge is 0.331 e. The number of hydrogen-bond donors (Lipinski definition) is 0. The lowest BCUT2D eigenvalue weighted by atomic mass is 10.0. The highest BCUT2D eigenvalue weighted by Crippen LogP contribution is 2.37. The third-order valence-corrected chi connectivity index (χ3v) is 4.04. The second kappa shape index (κ2) is 5.49. The van der Waals surface area contributed by atoms with Crippen LogP contribution in [0, 0.1) is 5.92 Å². The summed E-state index contributed by atoms with van der Waals surface area (Å²) in [5, 5.41) is 0. The first-order chi connectivity index (χ1) is 9.75. The summed E-state index contributed by atoms with van der Waals surface area (Å²) in [5.41, 5.74) is 2.43. The van der Waals surface area contributed by atoms with Crippen molar-refractivity contribution >= 4 is 5.91 Å². The van der Waals surface area contributed by atoms with E-state index < -0.39 is 0 Å². The molecule has 1 aliphatic rings. The first-order valence-corrected chi connectivity index (χ1v) is 7.15. The molecule has 1 fully saturated rings. The van der Waals surface area contributed by atoms with Crippen LogP contribution in [-0.4, -0.2) is 10.8 Å². The van der Waals surface area contributed by atoms with Gasteiger partial charge >= 0.3 is 0 Å². The van der Waals surface area contributed by atoms with E-state index in [9.17, 15) is 4.79 Å². The molecule has 0 N–H and O–H groups in total. The van der Waals surface area contributed by atoms with Gasteiger partial charge in [-0.1, -0.05) is 67.6 Å². The fourth-order valence-electron chi connectivity index (χ4n) is 2.96. The van der Waals surface area contributed by atoms with Crippen LogP contribution in [0.25, 0.3) is 0 Å². The Morgan fingerprint density at radius 3 is 2.25 bits per heavy atom. The second-order valence-corrected chi connectivity index (χ2v) is 5.51. The summed E-state index contributed by atoms with van der Waals surface area (Å²) in [7, 11) is 0. The van der Waals surface area contributed by atoms with E-state index in [-0.39, 0.29) is 17.9 Å². The topological polar surface area (TPSA) is 20.3 Å². The van der Waals surface area contributed by atoms with Gasteiger partial charge in [-0.15, -0.1) is 0 Å². The molecular formula is C18H19NO. The van der Waals surface area contributed by atoms with Crippen LogP contribution in [0.15, 0.2) is 60.7 Å². The van der Waals surface area contributed by atoms with Crippen LogP contribution in [0.3, 0.4) is 0 Å². The van der Waals surface area contributed by atoms with Crippen LogP contribution in [-0.2, 0) is 11.3 Å². The molecule has 0 bridgehead atoms. The van der Waals surface area contributed by atoms with Crippen molar-refractivity contribution in [2.24, 2.45) is 5.92 Å². The van der Waals surface area contributed by atoms with Crippen molar-refractivity contribution in [1.29, 1.82) is 0 Å². The maximum Gasteiger partial charge on any atom is 0.226 e. The number of hydrogen-bond acceptors (Lipinski definition) is 1. The molecule has 1 heterocycles. The van der Waals surface area contributed by atoms with E-state index in [2.05, 4.69) is 24.3 Å². The van der Waals surface area contributed by atoms with Crippen molar-refractivity contribution in [1.82, 2.24) is 4.90 Å². The molecule has 0 aromatic heterocycles. The van der Waals surface area contributed by atoms with Crippen LogP contribution in [0.1, 0.15) is 30.5 Å². The highest BCUT2D eigenvalue weighted by atomic mass is 16.2. The molecule has 0 aliphatic carbocycles. The zero-order valence-electron chi connectivity index (χ0n) is 11.7. The highest BCUT2D eigenvalue weighted by Gasteiger charge is 2.37. The van der Waals surface area contributed by atoms with Crippen LogP contribution in [0.4, 0.5) is 0 Å². The Kier molecular flexibility index (Phi) is 3.55. The van der Waals surface area contributed by atoms with Gasteiger partial charge in [0.25, 0.3) is 0 Å². The minimum absolute atomic E-state index is 0.115. The number of carbonyl (C=O) groups excluding carboxylic acids is 1. The van der Waals surface area contributed by atoms with Crippen molar-refractivity contribution in [3.8, 4) is 0 Å². The Balaban J connectivity index is 1.87. The molecule has 2 atom stereocenters. The molecule has 2 heteroatoms. The molecule has 0 spiro atoms. The first kappa shape index (κ1) is 12.9. The number of amides is 1. The molecule has 2 aromatic carbocycles. The molecule has 20 heavy (non-hydrogen) atoms. The van der Waals surface area contributed by atoms with Crippen LogP contribution < -0.4 is 0 Å². The van der Waals surface area contributed by atoms with E-state index in [0.29, 0.717) is 6.54 Å². The molecule has 0 unspecified atom stereocenters. The fourth-order valence-corrected chi connectivity index (χ4v) is 2.96. The molecule has 0 saturated carbocycles. The van der Waals surface area contributed by atoms with Gasteiger partial charge in [0.05, 0.1) is 6.04 Å². The van der Waals surface area contributed by atoms with Gasteiger partial charge in [-0.2, -0.15) is 0 Å². The Morgan fingerprint density at radius 1 is 1.00 bits per heavy atom. The van der Waals surface area contributed by atoms with Crippen molar-refractivity contribution in [2.45, 2.75) is 25.9 Å². The first-order valence-electron chi connectivity index (χ1n) is 7.15. The van der Waals surface area contributed by atoms with Gasteiger partial charge in [-0.3, -0.25) is 4.79 Å². The third kappa shape index (κ3) is 2.46. The van der Waals surface area contributed by atoms with Crippen molar-refractivity contribution in [2.75, 3.05) is 0 Å². The Labute approximate surface area is 120 Å². The molecule has 0 radical (unpaired) electrons. The third-order valence-electron chi connectivity index (χ3n) is 4.04. The SMILES string of the molecule is C[C@@H]1C[C@H](c2ccccc2)N(Cc2ccccc2)C1=O. The van der Waals surface area contributed by atoms with E-state index >= 15 is 0 Å². The lowest BCUT2D eigenvalue weighted by molar-refractivity contribution is -0.132. The van der Waals surface area contributed by atoms with Gasteiger partial charge in [0.2, 0.25) is 5.91 Å². The summed E-state index contributed by atoms with van der Waals surface area (Å²) in [5.74, 6) is 0.381. The van der Waals surface area contributed by atoms with Gasteiger partial charge in [-0.25, -0.2) is 0 Å². The lowest BCUT2D eigenvalue weighted by Gasteiger charge is -2.25. The van der Waals surface area contributed by atoms with E-state index in [0.717, 1.165) is 6.42 Å². The van der Waals surface area contributed by atoms with E-state index in [4.69, 9.17) is 0 Å². The lowest BCUT2D eigenvalue weighted by Crippen LogP contribution is -2.28. The zero-order valence-corrected chi connectivity index (χ0v) is 11.7. The number of benzene rings is 2. The average Bonchev–Trinajstić information content (AvgIpc) is 2.78. The summed E-state index contributed by atoms with van der Waals surface area (Å²) >= 11 is 0. The fraction of sp³-hybridized carbons (Fsp3) is 0.278. The summed E-state index contributed by atoms with van der Waals surface area (Å²) < 4.78 is 0. The normalized spacial score (nSPS) is 22.2. The van der Waals surface area contributed by atoms with Gasteiger partial charge in [0, 0.05) is 12.5 Å². The maximum atomic E-state index is 12.4. The molecule has 2 nitrogen and oxygen atoms in total. The van der Waals surface area contributed by atoms with Crippen molar-refractivity contribution in [3.63, 3.8) is 0 Å². The summed E-state index contributed by atoms with van der Waals surface area (Å²) in [6, 6.07) is 20.8. The van der Waals surface area contributed by atoms with E-state index in [1.54, 1.807) is 0 Å². The molecule has 2 aromatic rings. The Bertz CT molecular complexity index is 579.